The van der Waals surface area contributed by atoms with E-state index in [1.165, 1.54) is 31.0 Å². The van der Waals surface area contributed by atoms with Crippen molar-refractivity contribution in [3.8, 4) is 5.75 Å². The molecule has 0 spiro atoms. The molecule has 0 bridgehead atoms. The van der Waals surface area contributed by atoms with Gasteiger partial charge in [0.15, 0.2) is 0 Å². The van der Waals surface area contributed by atoms with Gasteiger partial charge in [0, 0.05) is 33.2 Å². The first-order valence-corrected chi connectivity index (χ1v) is 8.86. The molecule has 2 saturated heterocycles. The lowest BCUT2D eigenvalue weighted by Crippen LogP contribution is -2.23. The van der Waals surface area contributed by atoms with Crippen molar-refractivity contribution >= 4 is 27.6 Å². The molecule has 2 aliphatic rings. The first-order chi connectivity index (χ1) is 10.7. The van der Waals surface area contributed by atoms with Gasteiger partial charge in [0.1, 0.15) is 19.8 Å². The Morgan fingerprint density at radius 1 is 1.13 bits per heavy atom. The zero-order valence-electron chi connectivity index (χ0n) is 12.8. The van der Waals surface area contributed by atoms with Gasteiger partial charge in [-0.15, -0.1) is 0 Å². The summed E-state index contributed by atoms with van der Waals surface area (Å²) in [6.07, 6.45) is 2.36. The molecule has 6 heteroatoms. The summed E-state index contributed by atoms with van der Waals surface area (Å²) in [7, 11) is -0.881. The third kappa shape index (κ3) is 2.84. The van der Waals surface area contributed by atoms with E-state index in [4.69, 9.17) is 0 Å². The molecule has 0 unspecified atom stereocenters. The van der Waals surface area contributed by atoms with Crippen LogP contribution in [0.5, 0.6) is 5.75 Å². The predicted octanol–water partition coefficient (Wildman–Crippen LogP) is 3.07. The zero-order valence-corrected chi connectivity index (χ0v) is 13.7. The molecule has 0 saturated carbocycles. The molecular weight excluding hydrogens is 309 g/mol. The number of para-hydroxylation sites is 1. The quantitative estimate of drug-likeness (QED) is 0.678. The summed E-state index contributed by atoms with van der Waals surface area (Å²) in [5.41, 5.74) is 1.15. The van der Waals surface area contributed by atoms with Crippen molar-refractivity contribution in [1.29, 1.82) is 0 Å². The van der Waals surface area contributed by atoms with Gasteiger partial charge >= 0.3 is 0 Å². The van der Waals surface area contributed by atoms with Crippen LogP contribution < -0.4 is 9.97 Å². The Labute approximate surface area is 139 Å². The number of nitrogens with zero attached hydrogens (tertiary/aromatic N) is 2. The van der Waals surface area contributed by atoms with Crippen LogP contribution in [-0.4, -0.2) is 37.3 Å². The van der Waals surface area contributed by atoms with Gasteiger partial charge in [0.25, 0.3) is 0 Å². The van der Waals surface area contributed by atoms with E-state index in [2.05, 4.69) is 21.5 Å². The van der Waals surface area contributed by atoms with Crippen molar-refractivity contribution in [1.82, 2.24) is 4.67 Å². The molecule has 3 radical (unpaired) electrons. The average molecular weight is 327 g/mol. The van der Waals surface area contributed by atoms with Crippen molar-refractivity contribution in [3.05, 3.63) is 54.3 Å². The third-order valence-corrected chi connectivity index (χ3v) is 7.06. The highest BCUT2D eigenvalue weighted by atomic mass is 31.1. The van der Waals surface area contributed by atoms with Crippen LogP contribution >= 0.6 is 8.22 Å². The lowest BCUT2D eigenvalue weighted by atomic mass is 10.2. The number of rotatable bonds is 2. The number of anilines is 1. The van der Waals surface area contributed by atoms with Gasteiger partial charge in [-0.1, -0.05) is 18.2 Å². The Kier molecular flexibility index (Phi) is 4.61. The minimum absolute atomic E-state index is 0. The van der Waals surface area contributed by atoms with Crippen molar-refractivity contribution in [2.24, 2.45) is 0 Å². The van der Waals surface area contributed by atoms with Gasteiger partial charge < -0.3 is 9.78 Å². The van der Waals surface area contributed by atoms with Gasteiger partial charge in [-0.3, -0.25) is 4.67 Å². The summed E-state index contributed by atoms with van der Waals surface area (Å²) in [5, 5.41) is 11.0. The van der Waals surface area contributed by atoms with Gasteiger partial charge in [-0.05, 0) is 43.2 Å². The van der Waals surface area contributed by atoms with Crippen LogP contribution in [0, 0.1) is 5.82 Å². The second-order valence-electron chi connectivity index (χ2n) is 5.80. The topological polar surface area (TPSA) is 26.7 Å². The Bertz CT molecular complexity index is 688. The van der Waals surface area contributed by atoms with E-state index in [0.717, 1.165) is 24.1 Å². The largest absolute Gasteiger partial charge is 0.507 e. The molecule has 3 nitrogen and oxygen atoms in total. The van der Waals surface area contributed by atoms with Gasteiger partial charge in [-0.2, -0.15) is 0 Å². The number of hydrogen-bond donors (Lipinski definition) is 1. The molecule has 2 aromatic rings. The fourth-order valence-electron chi connectivity index (χ4n) is 3.41. The van der Waals surface area contributed by atoms with Gasteiger partial charge in [0.05, 0.1) is 5.30 Å². The smallest absolute Gasteiger partial charge is 0.126 e. The van der Waals surface area contributed by atoms with E-state index >= 15 is 0 Å². The van der Waals surface area contributed by atoms with Crippen molar-refractivity contribution in [2.45, 2.75) is 18.9 Å². The van der Waals surface area contributed by atoms with E-state index in [-0.39, 0.29) is 20.0 Å². The number of phenolic OH excluding ortho intramolecular Hbond substituents is 1. The molecule has 117 valence electrons. The minimum atomic E-state index is -0.881. The van der Waals surface area contributed by atoms with Crippen molar-refractivity contribution in [3.63, 3.8) is 0 Å². The standard InChI is InChI=1S/C17H18FN2OP.B/c18-13-8-9-16(21)17(11-13)22-19-10-4-7-15(19)12-20(22)14-5-2-1-3-6-14;/h1-3,5-6,8-9,11,15,21H,4,7,10,12H2;/t15-,22+;/m0./s1. The molecule has 4 rings (SSSR count). The van der Waals surface area contributed by atoms with Crippen LogP contribution in [0.4, 0.5) is 10.1 Å². The summed E-state index contributed by atoms with van der Waals surface area (Å²) in [6, 6.07) is 15.0. The van der Waals surface area contributed by atoms with Gasteiger partial charge in [-0.25, -0.2) is 4.39 Å². The van der Waals surface area contributed by atoms with E-state index in [1.54, 1.807) is 0 Å². The van der Waals surface area contributed by atoms with Crippen LogP contribution in [0.15, 0.2) is 48.5 Å². The first-order valence-electron chi connectivity index (χ1n) is 7.62. The lowest BCUT2D eigenvalue weighted by molar-refractivity contribution is 0.463. The number of benzene rings is 2. The van der Waals surface area contributed by atoms with E-state index < -0.39 is 8.22 Å². The van der Waals surface area contributed by atoms with E-state index in [9.17, 15) is 9.50 Å². The number of fused-ring (bicyclic) bond motifs is 1. The Morgan fingerprint density at radius 3 is 2.70 bits per heavy atom. The molecule has 2 aliphatic heterocycles. The maximum atomic E-state index is 13.7. The van der Waals surface area contributed by atoms with Crippen LogP contribution in [0.2, 0.25) is 0 Å². The highest BCUT2D eigenvalue weighted by Gasteiger charge is 2.44. The highest BCUT2D eigenvalue weighted by Crippen LogP contribution is 2.56. The van der Waals surface area contributed by atoms with Crippen molar-refractivity contribution < 1.29 is 9.50 Å². The summed E-state index contributed by atoms with van der Waals surface area (Å²) >= 11 is 0. The van der Waals surface area contributed by atoms with Crippen LogP contribution in [0.1, 0.15) is 12.8 Å². The maximum absolute atomic E-state index is 13.7. The SMILES string of the molecule is Oc1ccc(F)cc1[P@@]1N(c2ccccc2)C[C@@H]2CCCN21.[B]. The molecule has 2 aromatic carbocycles. The Morgan fingerprint density at radius 2 is 1.91 bits per heavy atom. The predicted molar refractivity (Wildman–Crippen MR) is 93.9 cm³/mol. The molecule has 0 aromatic heterocycles. The van der Waals surface area contributed by atoms with Crippen LogP contribution in [0.25, 0.3) is 0 Å². The normalized spacial score (nSPS) is 23.6. The molecule has 2 fully saturated rings. The molecule has 0 aliphatic carbocycles. The summed E-state index contributed by atoms with van der Waals surface area (Å²) < 4.78 is 18.5. The lowest BCUT2D eigenvalue weighted by Gasteiger charge is -2.31. The zero-order chi connectivity index (χ0) is 15.1. The fraction of sp³-hybridized carbons (Fsp3) is 0.294. The van der Waals surface area contributed by atoms with Crippen molar-refractivity contribution in [2.75, 3.05) is 17.8 Å². The highest BCUT2D eigenvalue weighted by molar-refractivity contribution is 7.65. The fourth-order valence-corrected chi connectivity index (χ4v) is 6.27. The number of aromatic hydroxyl groups is 1. The summed E-state index contributed by atoms with van der Waals surface area (Å²) in [5.74, 6) is -0.0908. The van der Waals surface area contributed by atoms with Gasteiger partial charge in [0.2, 0.25) is 0 Å². The summed E-state index contributed by atoms with van der Waals surface area (Å²) in [6.45, 7) is 1.97. The minimum Gasteiger partial charge on any atom is -0.507 e. The Hall–Kier alpha value is -1.58. The Balaban J connectivity index is 0.00000156. The second kappa shape index (κ2) is 6.50. The molecular formula is C17H18BFN2OP. The molecule has 0 amide bonds. The number of phenols is 1. The average Bonchev–Trinajstić information content (AvgIpc) is 3.11. The second-order valence-corrected chi connectivity index (χ2v) is 7.86. The third-order valence-electron chi connectivity index (χ3n) is 4.41. The van der Waals surface area contributed by atoms with Crippen LogP contribution in [0.3, 0.4) is 0 Å². The van der Waals surface area contributed by atoms with E-state index in [0.29, 0.717) is 6.04 Å². The monoisotopic (exact) mass is 327 g/mol. The molecule has 23 heavy (non-hydrogen) atoms. The van der Waals surface area contributed by atoms with E-state index in [1.807, 2.05) is 18.2 Å². The molecule has 2 heterocycles. The molecule has 2 atom stereocenters. The summed E-state index contributed by atoms with van der Waals surface area (Å²) in [4.78, 5) is 0. The first kappa shape index (κ1) is 16.3. The molecule has 1 N–H and O–H groups in total. The number of hydrogen-bond acceptors (Lipinski definition) is 3. The van der Waals surface area contributed by atoms with Crippen LogP contribution in [-0.2, 0) is 0 Å². The maximum Gasteiger partial charge on any atom is 0.126 e. The number of halogens is 1.